The van der Waals surface area contributed by atoms with Crippen LogP contribution in [-0.2, 0) is 11.2 Å². The van der Waals surface area contributed by atoms with E-state index in [4.69, 9.17) is 0 Å². The molecule has 4 nitrogen and oxygen atoms in total. The van der Waals surface area contributed by atoms with Gasteiger partial charge in [0.15, 0.2) is 0 Å². The van der Waals surface area contributed by atoms with E-state index in [0.717, 1.165) is 30.4 Å². The molecule has 0 spiro atoms. The van der Waals surface area contributed by atoms with Crippen molar-refractivity contribution in [2.24, 2.45) is 0 Å². The van der Waals surface area contributed by atoms with E-state index in [1.807, 2.05) is 64.1 Å². The highest BCUT2D eigenvalue weighted by atomic mass is 16.2. The zero-order valence-corrected chi connectivity index (χ0v) is 16.6. The van der Waals surface area contributed by atoms with Gasteiger partial charge in [0, 0.05) is 5.56 Å². The molecule has 3 rings (SSSR count). The predicted octanol–water partition coefficient (Wildman–Crippen LogP) is 4.39. The Labute approximate surface area is 161 Å². The second kappa shape index (κ2) is 7.55. The molecule has 2 aromatic carbocycles. The van der Waals surface area contributed by atoms with Crippen LogP contribution in [0, 0.1) is 6.92 Å². The number of benzene rings is 2. The average molecular weight is 364 g/mol. The SMILES string of the molecule is Cc1cccc(C(=O)N(NC(=O)C2CCCc3ccccc32)C(C)(C)C)c1. The van der Waals surface area contributed by atoms with E-state index in [1.165, 1.54) is 10.6 Å². The highest BCUT2D eigenvalue weighted by molar-refractivity contribution is 5.96. The zero-order valence-electron chi connectivity index (χ0n) is 16.6. The number of rotatable bonds is 2. The van der Waals surface area contributed by atoms with Crippen LogP contribution in [0.4, 0.5) is 0 Å². The maximum atomic E-state index is 13.1. The van der Waals surface area contributed by atoms with E-state index in [0.29, 0.717) is 5.56 Å². The summed E-state index contributed by atoms with van der Waals surface area (Å²) in [4.78, 5) is 26.2. The number of carbonyl (C=O) groups is 2. The van der Waals surface area contributed by atoms with Gasteiger partial charge in [-0.05, 0) is 70.2 Å². The van der Waals surface area contributed by atoms with Crippen molar-refractivity contribution >= 4 is 11.8 Å². The van der Waals surface area contributed by atoms with Gasteiger partial charge < -0.3 is 0 Å². The van der Waals surface area contributed by atoms with Gasteiger partial charge in [0.1, 0.15) is 0 Å². The first kappa shape index (κ1) is 19.2. The van der Waals surface area contributed by atoms with Crippen LogP contribution in [-0.4, -0.2) is 22.4 Å². The molecule has 0 saturated carbocycles. The van der Waals surface area contributed by atoms with Crippen molar-refractivity contribution in [1.82, 2.24) is 10.4 Å². The summed E-state index contributed by atoms with van der Waals surface area (Å²) in [7, 11) is 0. The first-order valence-electron chi connectivity index (χ1n) is 9.57. The quantitative estimate of drug-likeness (QED) is 0.804. The van der Waals surface area contributed by atoms with E-state index >= 15 is 0 Å². The molecule has 1 aliphatic carbocycles. The summed E-state index contributed by atoms with van der Waals surface area (Å²) in [5.74, 6) is -0.521. The summed E-state index contributed by atoms with van der Waals surface area (Å²) >= 11 is 0. The standard InChI is InChI=1S/C23H28N2O2/c1-16-9-7-12-18(15-16)22(27)25(23(2,3)4)24-21(26)20-14-8-11-17-10-5-6-13-19(17)20/h5-7,9-10,12-13,15,20H,8,11,14H2,1-4H3,(H,24,26). The Bertz CT molecular complexity index is 851. The lowest BCUT2D eigenvalue weighted by atomic mass is 9.82. The Morgan fingerprint density at radius 3 is 2.52 bits per heavy atom. The third-order valence-corrected chi connectivity index (χ3v) is 5.05. The number of amides is 2. The minimum absolute atomic E-state index is 0.113. The lowest BCUT2D eigenvalue weighted by molar-refractivity contribution is -0.128. The van der Waals surface area contributed by atoms with Gasteiger partial charge >= 0.3 is 0 Å². The summed E-state index contributed by atoms with van der Waals surface area (Å²) in [6.07, 6.45) is 2.79. The maximum absolute atomic E-state index is 13.1. The molecular formula is C23H28N2O2. The molecule has 0 aliphatic heterocycles. The second-order valence-electron chi connectivity index (χ2n) is 8.30. The second-order valence-corrected chi connectivity index (χ2v) is 8.30. The average Bonchev–Trinajstić information content (AvgIpc) is 2.64. The van der Waals surface area contributed by atoms with Crippen molar-refractivity contribution < 1.29 is 9.59 Å². The van der Waals surface area contributed by atoms with Crippen LogP contribution in [0.5, 0.6) is 0 Å². The minimum atomic E-state index is -0.537. The topological polar surface area (TPSA) is 49.4 Å². The highest BCUT2D eigenvalue weighted by Gasteiger charge is 2.33. The molecule has 1 aliphatic rings. The van der Waals surface area contributed by atoms with Crippen LogP contribution in [0.2, 0.25) is 0 Å². The van der Waals surface area contributed by atoms with E-state index in [1.54, 1.807) is 6.07 Å². The Balaban J connectivity index is 1.86. The zero-order chi connectivity index (χ0) is 19.6. The van der Waals surface area contributed by atoms with Gasteiger partial charge in [-0.15, -0.1) is 0 Å². The van der Waals surface area contributed by atoms with Crippen molar-refractivity contribution in [3.63, 3.8) is 0 Å². The largest absolute Gasteiger partial charge is 0.273 e. The van der Waals surface area contributed by atoms with Crippen molar-refractivity contribution in [2.45, 2.75) is 58.4 Å². The molecule has 1 unspecified atom stereocenters. The van der Waals surface area contributed by atoms with Gasteiger partial charge in [-0.25, -0.2) is 5.01 Å². The van der Waals surface area contributed by atoms with Crippen LogP contribution in [0.15, 0.2) is 48.5 Å². The van der Waals surface area contributed by atoms with Crippen molar-refractivity contribution in [3.05, 3.63) is 70.8 Å². The van der Waals surface area contributed by atoms with Crippen LogP contribution >= 0.6 is 0 Å². The third-order valence-electron chi connectivity index (χ3n) is 5.05. The first-order chi connectivity index (χ1) is 12.8. The molecule has 1 N–H and O–H groups in total. The fourth-order valence-corrected chi connectivity index (χ4v) is 3.64. The molecule has 2 amide bonds. The summed E-state index contributed by atoms with van der Waals surface area (Å²) < 4.78 is 0. The van der Waals surface area contributed by atoms with Crippen molar-refractivity contribution in [1.29, 1.82) is 0 Å². The normalized spacial score (nSPS) is 16.4. The Morgan fingerprint density at radius 2 is 1.81 bits per heavy atom. The molecule has 1 atom stereocenters. The van der Waals surface area contributed by atoms with Crippen LogP contribution in [0.25, 0.3) is 0 Å². The molecule has 0 heterocycles. The van der Waals surface area contributed by atoms with E-state index in [-0.39, 0.29) is 17.7 Å². The number of nitrogens with one attached hydrogen (secondary N) is 1. The lowest BCUT2D eigenvalue weighted by Crippen LogP contribution is -2.57. The van der Waals surface area contributed by atoms with Gasteiger partial charge in [-0.3, -0.25) is 15.0 Å². The number of aryl methyl sites for hydroxylation is 2. The highest BCUT2D eigenvalue weighted by Crippen LogP contribution is 2.32. The number of carbonyl (C=O) groups excluding carboxylic acids is 2. The molecule has 0 bridgehead atoms. The van der Waals surface area contributed by atoms with Crippen LogP contribution < -0.4 is 5.43 Å². The molecule has 142 valence electrons. The van der Waals surface area contributed by atoms with E-state index < -0.39 is 5.54 Å². The van der Waals surface area contributed by atoms with Gasteiger partial charge in [-0.2, -0.15) is 0 Å². The third kappa shape index (κ3) is 4.21. The van der Waals surface area contributed by atoms with Gasteiger partial charge in [0.2, 0.25) is 5.91 Å². The Morgan fingerprint density at radius 1 is 1.07 bits per heavy atom. The van der Waals surface area contributed by atoms with Gasteiger partial charge in [0.05, 0.1) is 11.5 Å². The molecule has 2 aromatic rings. The minimum Gasteiger partial charge on any atom is -0.273 e. The summed E-state index contributed by atoms with van der Waals surface area (Å²) in [6.45, 7) is 7.73. The van der Waals surface area contributed by atoms with E-state index in [2.05, 4.69) is 11.5 Å². The van der Waals surface area contributed by atoms with E-state index in [9.17, 15) is 9.59 Å². The number of hydrogen-bond donors (Lipinski definition) is 1. The smallest absolute Gasteiger partial charge is 0.272 e. The molecule has 27 heavy (non-hydrogen) atoms. The monoisotopic (exact) mass is 364 g/mol. The molecule has 4 heteroatoms. The maximum Gasteiger partial charge on any atom is 0.272 e. The number of fused-ring (bicyclic) bond motifs is 1. The first-order valence-corrected chi connectivity index (χ1v) is 9.57. The van der Waals surface area contributed by atoms with Crippen molar-refractivity contribution in [3.8, 4) is 0 Å². The number of nitrogens with zero attached hydrogens (tertiary/aromatic N) is 1. The molecule has 0 saturated heterocycles. The Hall–Kier alpha value is -2.62. The predicted molar refractivity (Wildman–Crippen MR) is 107 cm³/mol. The molecular weight excluding hydrogens is 336 g/mol. The van der Waals surface area contributed by atoms with Crippen LogP contribution in [0.3, 0.4) is 0 Å². The lowest BCUT2D eigenvalue weighted by Gasteiger charge is -2.37. The number of hydrazine groups is 1. The fourth-order valence-electron chi connectivity index (χ4n) is 3.64. The fraction of sp³-hybridized carbons (Fsp3) is 0.391. The number of hydrogen-bond acceptors (Lipinski definition) is 2. The molecule has 0 aromatic heterocycles. The summed E-state index contributed by atoms with van der Waals surface area (Å²) in [5.41, 5.74) is 6.30. The summed E-state index contributed by atoms with van der Waals surface area (Å²) in [5, 5.41) is 1.47. The Kier molecular flexibility index (Phi) is 5.36. The van der Waals surface area contributed by atoms with Gasteiger partial charge in [0.25, 0.3) is 5.91 Å². The van der Waals surface area contributed by atoms with Crippen LogP contribution in [0.1, 0.15) is 66.6 Å². The molecule has 0 fully saturated rings. The molecule has 0 radical (unpaired) electrons. The summed E-state index contributed by atoms with van der Waals surface area (Å²) in [6, 6.07) is 15.6. The van der Waals surface area contributed by atoms with Crippen molar-refractivity contribution in [2.75, 3.05) is 0 Å². The van der Waals surface area contributed by atoms with Gasteiger partial charge in [-0.1, -0.05) is 42.0 Å².